The minimum Gasteiger partial charge on any atom is -0.379 e. The zero-order chi connectivity index (χ0) is 13.2. The molecule has 0 fully saturated rings. The molecule has 5 heteroatoms. The van der Waals surface area contributed by atoms with Crippen LogP contribution in [-0.4, -0.2) is 26.9 Å². The van der Waals surface area contributed by atoms with Crippen LogP contribution < -0.4 is 0 Å². The fraction of sp³-hybridized carbons (Fsp3) is 0.231. The van der Waals surface area contributed by atoms with Crippen molar-refractivity contribution >= 4 is 10.1 Å². The molecule has 0 unspecified atom stereocenters. The molecule has 1 aliphatic heterocycles. The van der Waals surface area contributed by atoms with Crippen molar-refractivity contribution in [3.8, 4) is 0 Å². The van der Waals surface area contributed by atoms with Crippen molar-refractivity contribution in [1.29, 1.82) is 0 Å². The van der Waals surface area contributed by atoms with Gasteiger partial charge in [-0.2, -0.15) is 8.42 Å². The van der Waals surface area contributed by atoms with Gasteiger partial charge in [-0.15, -0.1) is 0 Å². The van der Waals surface area contributed by atoms with Crippen molar-refractivity contribution in [2.24, 2.45) is 0 Å². The molecule has 0 N–H and O–H groups in total. The van der Waals surface area contributed by atoms with E-state index >= 15 is 0 Å². The molecule has 4 nitrogen and oxygen atoms in total. The van der Waals surface area contributed by atoms with Gasteiger partial charge in [0.05, 0.1) is 0 Å². The molecule has 0 saturated carbocycles. The Hall–Kier alpha value is -1.75. The molecule has 0 aromatic heterocycles. The minimum absolute atomic E-state index is 0.168. The summed E-state index contributed by atoms with van der Waals surface area (Å²) in [6, 6.07) is 6.58. The van der Waals surface area contributed by atoms with Gasteiger partial charge in [0.15, 0.2) is 0 Å². The first-order valence-electron chi connectivity index (χ1n) is 5.57. The summed E-state index contributed by atoms with van der Waals surface area (Å²) in [4.78, 5) is 2.09. The molecule has 2 rings (SSSR count). The van der Waals surface area contributed by atoms with Crippen LogP contribution in [0, 0.1) is 6.92 Å². The molecule has 0 amide bonds. The number of hydrogen-bond donors (Lipinski definition) is 0. The van der Waals surface area contributed by atoms with Crippen LogP contribution in [0.3, 0.4) is 0 Å². The van der Waals surface area contributed by atoms with Crippen LogP contribution >= 0.6 is 0 Å². The van der Waals surface area contributed by atoms with E-state index < -0.39 is 10.1 Å². The van der Waals surface area contributed by atoms with Crippen LogP contribution in [0.5, 0.6) is 0 Å². The Kier molecular flexibility index (Phi) is 3.43. The second-order valence-corrected chi connectivity index (χ2v) is 5.76. The van der Waals surface area contributed by atoms with Crippen molar-refractivity contribution in [2.75, 3.05) is 13.6 Å². The van der Waals surface area contributed by atoms with Crippen molar-refractivity contribution in [1.82, 2.24) is 4.90 Å². The minimum atomic E-state index is -3.73. The summed E-state index contributed by atoms with van der Waals surface area (Å²) >= 11 is 0. The highest BCUT2D eigenvalue weighted by Gasteiger charge is 2.17. The van der Waals surface area contributed by atoms with Crippen LogP contribution in [0.15, 0.2) is 53.3 Å². The van der Waals surface area contributed by atoms with E-state index in [0.717, 1.165) is 5.56 Å². The van der Waals surface area contributed by atoms with Gasteiger partial charge in [-0.1, -0.05) is 17.7 Å². The molecule has 1 aliphatic rings. The Morgan fingerprint density at radius 2 is 1.89 bits per heavy atom. The van der Waals surface area contributed by atoms with E-state index in [0.29, 0.717) is 12.3 Å². The van der Waals surface area contributed by atoms with Gasteiger partial charge < -0.3 is 9.08 Å². The topological polar surface area (TPSA) is 46.6 Å². The Labute approximate surface area is 107 Å². The van der Waals surface area contributed by atoms with E-state index in [1.807, 2.05) is 18.9 Å². The Balaban J connectivity index is 2.18. The first-order chi connectivity index (χ1) is 8.47. The lowest BCUT2D eigenvalue weighted by Gasteiger charge is -2.17. The molecule has 0 bridgehead atoms. The first kappa shape index (κ1) is 12.7. The number of nitrogens with zero attached hydrogens (tertiary/aromatic N) is 1. The van der Waals surface area contributed by atoms with Crippen LogP contribution in [0.1, 0.15) is 5.56 Å². The van der Waals surface area contributed by atoms with E-state index in [-0.39, 0.29) is 4.90 Å². The third-order valence-electron chi connectivity index (χ3n) is 2.59. The second-order valence-electron chi connectivity index (χ2n) is 4.21. The predicted octanol–water partition coefficient (Wildman–Crippen LogP) is 2.04. The van der Waals surface area contributed by atoms with Crippen LogP contribution in [0.4, 0.5) is 0 Å². The molecule has 1 heterocycles. The number of likely N-dealkylation sites (N-methyl/N-ethyl adjacent to an activating group) is 1. The average molecular weight is 265 g/mol. The fourth-order valence-corrected chi connectivity index (χ4v) is 2.45. The lowest BCUT2D eigenvalue weighted by atomic mass is 10.2. The van der Waals surface area contributed by atoms with E-state index in [9.17, 15) is 8.42 Å². The molecular formula is C13H15NO3S. The number of aryl methyl sites for hydroxylation is 1. The maximum atomic E-state index is 12.0. The van der Waals surface area contributed by atoms with Gasteiger partial charge in [0.2, 0.25) is 0 Å². The summed E-state index contributed by atoms with van der Waals surface area (Å²) in [6.07, 6.45) is 5.14. The molecule has 0 saturated heterocycles. The summed E-state index contributed by atoms with van der Waals surface area (Å²) < 4.78 is 29.0. The Bertz CT molecular complexity index is 585. The zero-order valence-electron chi connectivity index (χ0n) is 10.3. The summed E-state index contributed by atoms with van der Waals surface area (Å²) in [7, 11) is -1.83. The molecule has 0 radical (unpaired) electrons. The zero-order valence-corrected chi connectivity index (χ0v) is 11.1. The maximum Gasteiger partial charge on any atom is 0.339 e. The molecular weight excluding hydrogens is 250 g/mol. The number of hydrogen-bond acceptors (Lipinski definition) is 4. The number of benzene rings is 1. The third-order valence-corrected chi connectivity index (χ3v) is 3.85. The lowest BCUT2D eigenvalue weighted by Crippen LogP contribution is -2.16. The van der Waals surface area contributed by atoms with Crippen molar-refractivity contribution in [3.05, 3.63) is 53.9 Å². The van der Waals surface area contributed by atoms with Gasteiger partial charge in [-0.25, -0.2) is 0 Å². The highest BCUT2D eigenvalue weighted by atomic mass is 32.2. The summed E-state index contributed by atoms with van der Waals surface area (Å²) in [6.45, 7) is 2.54. The highest BCUT2D eigenvalue weighted by Crippen LogP contribution is 2.18. The van der Waals surface area contributed by atoms with Crippen molar-refractivity contribution < 1.29 is 12.6 Å². The van der Waals surface area contributed by atoms with Crippen molar-refractivity contribution in [3.63, 3.8) is 0 Å². The van der Waals surface area contributed by atoms with Gasteiger partial charge in [-0.05, 0) is 31.2 Å². The number of allylic oxidation sites excluding steroid dienone is 1. The molecule has 96 valence electrons. The third kappa shape index (κ3) is 2.92. The van der Waals surface area contributed by atoms with Gasteiger partial charge in [0.1, 0.15) is 10.7 Å². The monoisotopic (exact) mass is 265 g/mol. The molecule has 18 heavy (non-hydrogen) atoms. The smallest absolute Gasteiger partial charge is 0.339 e. The van der Waals surface area contributed by atoms with E-state index in [2.05, 4.69) is 0 Å². The fourth-order valence-electron chi connectivity index (χ4n) is 1.51. The molecule has 0 atom stereocenters. The highest BCUT2D eigenvalue weighted by molar-refractivity contribution is 7.86. The Morgan fingerprint density at radius 3 is 2.44 bits per heavy atom. The van der Waals surface area contributed by atoms with Gasteiger partial charge >= 0.3 is 10.1 Å². The van der Waals surface area contributed by atoms with Gasteiger partial charge in [0, 0.05) is 19.8 Å². The van der Waals surface area contributed by atoms with Gasteiger partial charge in [-0.3, -0.25) is 0 Å². The van der Waals surface area contributed by atoms with Crippen LogP contribution in [0.2, 0.25) is 0 Å². The van der Waals surface area contributed by atoms with E-state index in [1.54, 1.807) is 42.6 Å². The summed E-state index contributed by atoms with van der Waals surface area (Å²) in [5, 5.41) is 0. The summed E-state index contributed by atoms with van der Waals surface area (Å²) in [5.41, 5.74) is 1.01. The van der Waals surface area contributed by atoms with Crippen LogP contribution in [-0.2, 0) is 14.3 Å². The first-order valence-corrected chi connectivity index (χ1v) is 6.98. The largest absolute Gasteiger partial charge is 0.379 e. The molecule has 0 spiro atoms. The molecule has 0 aliphatic carbocycles. The SMILES string of the molecule is Cc1ccc(S(=O)(=O)OC2=CCN(C)C=C2)cc1. The van der Waals surface area contributed by atoms with E-state index in [1.165, 1.54) is 0 Å². The molecule has 1 aromatic carbocycles. The van der Waals surface area contributed by atoms with E-state index in [4.69, 9.17) is 4.18 Å². The summed E-state index contributed by atoms with van der Waals surface area (Å²) in [5.74, 6) is 0.355. The van der Waals surface area contributed by atoms with Gasteiger partial charge in [0.25, 0.3) is 0 Å². The van der Waals surface area contributed by atoms with Crippen molar-refractivity contribution in [2.45, 2.75) is 11.8 Å². The normalized spacial score (nSPS) is 15.4. The Morgan fingerprint density at radius 1 is 1.22 bits per heavy atom. The second kappa shape index (κ2) is 4.86. The lowest BCUT2D eigenvalue weighted by molar-refractivity contribution is 0.402. The average Bonchev–Trinajstić information content (AvgIpc) is 2.32. The quantitative estimate of drug-likeness (QED) is 0.785. The van der Waals surface area contributed by atoms with Crippen LogP contribution in [0.25, 0.3) is 0 Å². The standard InChI is InChI=1S/C13H15NO3S/c1-11-3-5-13(6-4-11)18(15,16)17-12-7-9-14(2)10-8-12/h3-9H,10H2,1-2H3. The molecule has 1 aromatic rings. The maximum absolute atomic E-state index is 12.0. The predicted molar refractivity (Wildman–Crippen MR) is 69.3 cm³/mol. The number of rotatable bonds is 3.